The van der Waals surface area contributed by atoms with Gasteiger partial charge < -0.3 is 19.5 Å². The van der Waals surface area contributed by atoms with Crippen LogP contribution in [0.3, 0.4) is 0 Å². The van der Waals surface area contributed by atoms with Crippen molar-refractivity contribution in [2.24, 2.45) is 5.92 Å². The molecule has 118 valence electrons. The average molecular weight is 293 g/mol. The van der Waals surface area contributed by atoms with Gasteiger partial charge in [-0.1, -0.05) is 25.7 Å². The molecule has 2 unspecified atom stereocenters. The van der Waals surface area contributed by atoms with E-state index in [1.807, 2.05) is 18.2 Å². The molecule has 0 spiro atoms. The molecule has 1 N–H and O–H groups in total. The quantitative estimate of drug-likeness (QED) is 0.862. The molecule has 0 aromatic heterocycles. The zero-order valence-corrected chi connectivity index (χ0v) is 13.0. The summed E-state index contributed by atoms with van der Waals surface area (Å²) in [6, 6.07) is 0. The molecule has 2 rings (SSSR count). The van der Waals surface area contributed by atoms with Crippen LogP contribution in [0, 0.1) is 5.92 Å². The van der Waals surface area contributed by atoms with E-state index in [2.05, 4.69) is 18.4 Å². The van der Waals surface area contributed by atoms with E-state index in [-0.39, 0.29) is 5.92 Å². The lowest BCUT2D eigenvalue weighted by atomic mass is 9.95. The van der Waals surface area contributed by atoms with Crippen LogP contribution in [0.1, 0.15) is 19.8 Å². The molecule has 2 heterocycles. The van der Waals surface area contributed by atoms with Crippen molar-refractivity contribution in [1.82, 2.24) is 4.90 Å². The van der Waals surface area contributed by atoms with Crippen molar-refractivity contribution in [1.29, 1.82) is 0 Å². The smallest absolute Gasteiger partial charge is 0.112 e. The molecule has 1 saturated heterocycles. The van der Waals surface area contributed by atoms with Crippen LogP contribution in [0.4, 0.5) is 0 Å². The summed E-state index contributed by atoms with van der Waals surface area (Å²) in [5.41, 5.74) is 0.845. The summed E-state index contributed by atoms with van der Waals surface area (Å²) in [4.78, 5) is 2.42. The standard InChI is InChI=1S/C17H27NO3/c1-14(13-18-7-3-4-8-18)17(19)16-6-5-9-20-10-11-21-15(2)12-16/h5-6,12,14,17,19H,2-4,7-11,13H2,1H3/b6-5-,16-12+. The maximum atomic E-state index is 10.6. The minimum absolute atomic E-state index is 0.177. The number of ether oxygens (including phenoxy) is 2. The summed E-state index contributed by atoms with van der Waals surface area (Å²) < 4.78 is 10.8. The van der Waals surface area contributed by atoms with Crippen molar-refractivity contribution in [2.45, 2.75) is 25.9 Å². The average Bonchev–Trinajstić information content (AvgIpc) is 2.97. The van der Waals surface area contributed by atoms with E-state index in [0.29, 0.717) is 25.6 Å². The fourth-order valence-corrected chi connectivity index (χ4v) is 2.83. The number of likely N-dealkylation sites (tertiary alicyclic amines) is 1. The molecule has 0 bridgehead atoms. The summed E-state index contributed by atoms with van der Waals surface area (Å²) in [6.45, 7) is 10.8. The summed E-state index contributed by atoms with van der Waals surface area (Å²) in [5, 5.41) is 10.6. The third-order valence-corrected chi connectivity index (χ3v) is 3.99. The number of allylic oxidation sites excluding steroid dienone is 1. The van der Waals surface area contributed by atoms with Crippen LogP contribution in [0.25, 0.3) is 0 Å². The molecule has 4 nitrogen and oxygen atoms in total. The largest absolute Gasteiger partial charge is 0.492 e. The van der Waals surface area contributed by atoms with E-state index >= 15 is 0 Å². The first-order valence-electron chi connectivity index (χ1n) is 7.85. The second kappa shape index (κ2) is 8.37. The second-order valence-electron chi connectivity index (χ2n) is 5.87. The topological polar surface area (TPSA) is 41.9 Å². The van der Waals surface area contributed by atoms with Gasteiger partial charge in [-0.2, -0.15) is 0 Å². The third-order valence-electron chi connectivity index (χ3n) is 3.99. The number of nitrogens with zero attached hydrogens (tertiary/aromatic N) is 1. The molecule has 4 heteroatoms. The molecular weight excluding hydrogens is 266 g/mol. The van der Waals surface area contributed by atoms with Crippen LogP contribution < -0.4 is 0 Å². The van der Waals surface area contributed by atoms with E-state index in [1.54, 1.807) is 0 Å². The van der Waals surface area contributed by atoms with E-state index < -0.39 is 6.10 Å². The summed E-state index contributed by atoms with van der Waals surface area (Å²) >= 11 is 0. The first-order chi connectivity index (χ1) is 10.2. The van der Waals surface area contributed by atoms with Gasteiger partial charge >= 0.3 is 0 Å². The van der Waals surface area contributed by atoms with Crippen LogP contribution in [0.5, 0.6) is 0 Å². The Morgan fingerprint density at radius 2 is 2.10 bits per heavy atom. The lowest BCUT2D eigenvalue weighted by molar-refractivity contribution is 0.0931. The fraction of sp³-hybridized carbons (Fsp3) is 0.647. The van der Waals surface area contributed by atoms with Gasteiger partial charge in [0.15, 0.2) is 0 Å². The number of aliphatic hydroxyl groups is 1. The molecule has 2 aliphatic rings. The van der Waals surface area contributed by atoms with Gasteiger partial charge in [0.1, 0.15) is 12.4 Å². The highest BCUT2D eigenvalue weighted by molar-refractivity contribution is 5.30. The Morgan fingerprint density at radius 1 is 1.33 bits per heavy atom. The molecule has 0 radical (unpaired) electrons. The Bertz CT molecular complexity index is 397. The monoisotopic (exact) mass is 293 g/mol. The fourth-order valence-electron chi connectivity index (χ4n) is 2.83. The van der Waals surface area contributed by atoms with E-state index in [1.165, 1.54) is 12.8 Å². The van der Waals surface area contributed by atoms with Gasteiger partial charge in [-0.25, -0.2) is 0 Å². The Labute approximate surface area is 127 Å². The van der Waals surface area contributed by atoms with Crippen molar-refractivity contribution in [3.05, 3.63) is 36.1 Å². The van der Waals surface area contributed by atoms with Crippen molar-refractivity contribution < 1.29 is 14.6 Å². The third kappa shape index (κ3) is 5.30. The van der Waals surface area contributed by atoms with Crippen LogP contribution in [0.15, 0.2) is 36.1 Å². The molecule has 21 heavy (non-hydrogen) atoms. The summed E-state index contributed by atoms with van der Waals surface area (Å²) in [7, 11) is 0. The van der Waals surface area contributed by atoms with Gasteiger partial charge in [-0.15, -0.1) is 0 Å². The zero-order valence-electron chi connectivity index (χ0n) is 13.0. The van der Waals surface area contributed by atoms with Crippen LogP contribution >= 0.6 is 0 Å². The summed E-state index contributed by atoms with van der Waals surface area (Å²) in [6.07, 6.45) is 7.73. The molecule has 0 aromatic carbocycles. The number of rotatable bonds is 4. The normalized spacial score (nSPS) is 28.3. The number of hydrogen-bond acceptors (Lipinski definition) is 4. The summed E-state index contributed by atoms with van der Waals surface area (Å²) in [5.74, 6) is 0.753. The SMILES string of the molecule is C=C1/C=C(C(O)C(C)CN2CCCC2)\C=C/COCCO1. The predicted octanol–water partition coefficient (Wildman–Crippen LogP) is 2.12. The van der Waals surface area contributed by atoms with Crippen molar-refractivity contribution in [3.63, 3.8) is 0 Å². The van der Waals surface area contributed by atoms with E-state index in [0.717, 1.165) is 25.2 Å². The maximum Gasteiger partial charge on any atom is 0.112 e. The Kier molecular flexibility index (Phi) is 6.49. The van der Waals surface area contributed by atoms with E-state index in [4.69, 9.17) is 9.47 Å². The predicted molar refractivity (Wildman–Crippen MR) is 84.0 cm³/mol. The lowest BCUT2D eigenvalue weighted by Crippen LogP contribution is -2.32. The molecule has 2 aliphatic heterocycles. The van der Waals surface area contributed by atoms with Crippen LogP contribution in [0.2, 0.25) is 0 Å². The Hall–Kier alpha value is -1.10. The molecule has 0 amide bonds. The van der Waals surface area contributed by atoms with Crippen LogP contribution in [-0.4, -0.2) is 55.6 Å². The van der Waals surface area contributed by atoms with Crippen molar-refractivity contribution in [2.75, 3.05) is 39.5 Å². The van der Waals surface area contributed by atoms with Crippen LogP contribution in [-0.2, 0) is 9.47 Å². The van der Waals surface area contributed by atoms with E-state index in [9.17, 15) is 5.11 Å². The van der Waals surface area contributed by atoms with Crippen molar-refractivity contribution in [3.8, 4) is 0 Å². The second-order valence-corrected chi connectivity index (χ2v) is 5.87. The van der Waals surface area contributed by atoms with Gasteiger partial charge in [0.05, 0.1) is 19.3 Å². The minimum Gasteiger partial charge on any atom is -0.492 e. The Morgan fingerprint density at radius 3 is 2.86 bits per heavy atom. The van der Waals surface area contributed by atoms with Gasteiger partial charge in [0.25, 0.3) is 0 Å². The van der Waals surface area contributed by atoms with Gasteiger partial charge in [0.2, 0.25) is 0 Å². The van der Waals surface area contributed by atoms with Crippen molar-refractivity contribution >= 4 is 0 Å². The first-order valence-corrected chi connectivity index (χ1v) is 7.85. The zero-order chi connectivity index (χ0) is 15.1. The maximum absolute atomic E-state index is 10.6. The molecule has 0 saturated carbocycles. The Balaban J connectivity index is 1.99. The highest BCUT2D eigenvalue weighted by atomic mass is 16.5. The molecule has 1 fully saturated rings. The first kappa shape index (κ1) is 16.3. The molecule has 0 aromatic rings. The highest BCUT2D eigenvalue weighted by Crippen LogP contribution is 2.20. The van der Waals surface area contributed by atoms with Gasteiger partial charge in [0, 0.05) is 6.54 Å². The molecule has 2 atom stereocenters. The molecule has 0 aliphatic carbocycles. The van der Waals surface area contributed by atoms with Gasteiger partial charge in [-0.3, -0.25) is 0 Å². The highest BCUT2D eigenvalue weighted by Gasteiger charge is 2.22. The number of aliphatic hydroxyl groups excluding tert-OH is 1. The number of hydrogen-bond donors (Lipinski definition) is 1. The van der Waals surface area contributed by atoms with Gasteiger partial charge in [-0.05, 0) is 43.5 Å². The minimum atomic E-state index is -0.512. The molecular formula is C17H27NO3. The lowest BCUT2D eigenvalue weighted by Gasteiger charge is -2.25.